The van der Waals surface area contributed by atoms with Gasteiger partial charge in [0, 0.05) is 31.2 Å². The van der Waals surface area contributed by atoms with E-state index in [0.29, 0.717) is 23.4 Å². The Morgan fingerprint density at radius 2 is 1.90 bits per heavy atom. The van der Waals surface area contributed by atoms with Crippen molar-refractivity contribution in [2.45, 2.75) is 46.7 Å². The molecular weight excluding hydrogens is 413 g/mol. The van der Waals surface area contributed by atoms with E-state index in [1.54, 1.807) is 18.1 Å². The highest BCUT2D eigenvalue weighted by atomic mass is 35.5. The van der Waals surface area contributed by atoms with Crippen LogP contribution in [0.5, 0.6) is 0 Å². The van der Waals surface area contributed by atoms with Crippen LogP contribution in [0.1, 0.15) is 48.7 Å². The maximum atomic E-state index is 13.2. The van der Waals surface area contributed by atoms with Crippen LogP contribution in [-0.4, -0.2) is 45.2 Å². The minimum Gasteiger partial charge on any atom is -0.466 e. The van der Waals surface area contributed by atoms with Crippen LogP contribution >= 0.6 is 24.8 Å². The topological polar surface area (TPSA) is 90.2 Å². The first-order valence-corrected chi connectivity index (χ1v) is 9.17. The highest BCUT2D eigenvalue weighted by molar-refractivity contribution is 6.06. The molecule has 3 aromatic heterocycles. The van der Waals surface area contributed by atoms with Crippen molar-refractivity contribution < 1.29 is 9.21 Å². The number of halogens is 2. The summed E-state index contributed by atoms with van der Waals surface area (Å²) in [5.41, 5.74) is 8.61. The number of hydrogen-bond acceptors (Lipinski definition) is 5. The van der Waals surface area contributed by atoms with E-state index in [0.717, 1.165) is 22.5 Å². The lowest BCUT2D eigenvalue weighted by Gasteiger charge is -2.24. The highest BCUT2D eigenvalue weighted by Gasteiger charge is 2.23. The van der Waals surface area contributed by atoms with Gasteiger partial charge in [0.05, 0.1) is 22.8 Å². The van der Waals surface area contributed by atoms with Crippen molar-refractivity contribution in [1.82, 2.24) is 19.7 Å². The molecule has 0 saturated heterocycles. The molecule has 1 atom stereocenters. The largest absolute Gasteiger partial charge is 0.466 e. The molecule has 1 unspecified atom stereocenters. The number of pyridine rings is 1. The second kappa shape index (κ2) is 9.61. The van der Waals surface area contributed by atoms with Gasteiger partial charge in [-0.1, -0.05) is 0 Å². The Balaban J connectivity index is 0.00000210. The van der Waals surface area contributed by atoms with Crippen molar-refractivity contribution in [3.8, 4) is 11.3 Å². The Morgan fingerprint density at radius 1 is 1.24 bits per heavy atom. The summed E-state index contributed by atoms with van der Waals surface area (Å²) in [5.74, 6) is 1.49. The Labute approximate surface area is 183 Å². The zero-order valence-electron chi connectivity index (χ0n) is 17.6. The summed E-state index contributed by atoms with van der Waals surface area (Å²) in [4.78, 5) is 19.7. The average Bonchev–Trinajstić information content (AvgIpc) is 3.21. The van der Waals surface area contributed by atoms with Crippen molar-refractivity contribution in [2.24, 2.45) is 5.73 Å². The first-order chi connectivity index (χ1) is 12.7. The molecule has 0 radical (unpaired) electrons. The van der Waals surface area contributed by atoms with Crippen LogP contribution in [0.25, 0.3) is 22.3 Å². The summed E-state index contributed by atoms with van der Waals surface area (Å²) in [5, 5.41) is 5.20. The van der Waals surface area contributed by atoms with Gasteiger partial charge in [-0.2, -0.15) is 5.10 Å². The highest BCUT2D eigenvalue weighted by Crippen LogP contribution is 2.30. The molecule has 3 heterocycles. The van der Waals surface area contributed by atoms with Crippen molar-refractivity contribution in [3.05, 3.63) is 35.4 Å². The second-order valence-corrected chi connectivity index (χ2v) is 7.30. The number of nitrogens with zero attached hydrogens (tertiary/aromatic N) is 4. The molecule has 0 fully saturated rings. The van der Waals surface area contributed by atoms with Crippen LogP contribution in [0.15, 0.2) is 22.7 Å². The van der Waals surface area contributed by atoms with E-state index in [1.165, 1.54) is 0 Å². The van der Waals surface area contributed by atoms with Gasteiger partial charge in [0.15, 0.2) is 5.65 Å². The number of carbonyl (C=O) groups excluding carboxylic acids is 1. The fraction of sp³-hybridized carbons (Fsp3) is 0.450. The number of furan rings is 1. The smallest absolute Gasteiger partial charge is 0.254 e. The Hall–Kier alpha value is -2.09. The minimum atomic E-state index is -0.0947. The molecule has 0 spiro atoms. The van der Waals surface area contributed by atoms with Crippen LogP contribution in [0.4, 0.5) is 0 Å². The van der Waals surface area contributed by atoms with E-state index in [2.05, 4.69) is 5.10 Å². The molecule has 3 aromatic rings. The van der Waals surface area contributed by atoms with Gasteiger partial charge in [0.25, 0.3) is 5.91 Å². The number of likely N-dealkylation sites (N-methyl/N-ethyl adjacent to an activating group) is 1. The molecule has 1 amide bonds. The third kappa shape index (κ3) is 4.57. The molecule has 0 aliphatic carbocycles. The summed E-state index contributed by atoms with van der Waals surface area (Å²) in [6, 6.07) is 3.83. The molecule has 7 nitrogen and oxygen atoms in total. The monoisotopic (exact) mass is 441 g/mol. The lowest BCUT2D eigenvalue weighted by atomic mass is 10.1. The third-order valence-electron chi connectivity index (χ3n) is 4.93. The third-order valence-corrected chi connectivity index (χ3v) is 4.93. The average molecular weight is 442 g/mol. The summed E-state index contributed by atoms with van der Waals surface area (Å²) in [7, 11) is 1.77. The van der Waals surface area contributed by atoms with Crippen LogP contribution in [0, 0.1) is 13.8 Å². The number of carbonyl (C=O) groups is 1. The van der Waals surface area contributed by atoms with Gasteiger partial charge in [-0.15, -0.1) is 24.8 Å². The molecule has 160 valence electrons. The SMILES string of the molecule is Cc1cc(-c2cc(C(=O)N(C)C(C)CN)c3cnn(C(C)C)c3n2)c(C)o1.Cl.Cl. The number of fused-ring (bicyclic) bond motifs is 1. The lowest BCUT2D eigenvalue weighted by molar-refractivity contribution is 0.0750. The number of amides is 1. The fourth-order valence-corrected chi connectivity index (χ4v) is 3.14. The Bertz CT molecular complexity index is 996. The molecule has 0 bridgehead atoms. The summed E-state index contributed by atoms with van der Waals surface area (Å²) in [6.07, 6.45) is 1.72. The standard InChI is InChI=1S/C20H27N5O2.2ClH/c1-11(2)25-19-17(10-22-25)16(20(26)24(6)12(3)9-21)8-18(23-19)15-7-13(4)27-14(15)5;;/h7-8,10-12H,9,21H2,1-6H3;2*1H. The maximum Gasteiger partial charge on any atom is 0.254 e. The molecule has 2 N–H and O–H groups in total. The van der Waals surface area contributed by atoms with Crippen molar-refractivity contribution in [1.29, 1.82) is 0 Å². The number of nitrogens with two attached hydrogens (primary N) is 1. The maximum absolute atomic E-state index is 13.2. The molecule has 9 heteroatoms. The van der Waals surface area contributed by atoms with E-state index in [4.69, 9.17) is 15.1 Å². The van der Waals surface area contributed by atoms with Crippen LogP contribution < -0.4 is 5.73 Å². The summed E-state index contributed by atoms with van der Waals surface area (Å²) in [6.45, 7) is 10.2. The second-order valence-electron chi connectivity index (χ2n) is 7.30. The Kier molecular flexibility index (Phi) is 8.26. The van der Waals surface area contributed by atoms with Gasteiger partial charge in [-0.3, -0.25) is 4.79 Å². The van der Waals surface area contributed by atoms with Crippen molar-refractivity contribution in [2.75, 3.05) is 13.6 Å². The van der Waals surface area contributed by atoms with Gasteiger partial charge >= 0.3 is 0 Å². The first kappa shape index (κ1) is 24.9. The van der Waals surface area contributed by atoms with E-state index >= 15 is 0 Å². The molecule has 0 saturated carbocycles. The predicted octanol–water partition coefficient (Wildman–Crippen LogP) is 4.15. The van der Waals surface area contributed by atoms with Crippen molar-refractivity contribution >= 4 is 41.8 Å². The normalized spacial score (nSPS) is 11.9. The molecule has 29 heavy (non-hydrogen) atoms. The van der Waals surface area contributed by atoms with Crippen LogP contribution in [0.2, 0.25) is 0 Å². The molecular formula is C20H29Cl2N5O2. The van der Waals surface area contributed by atoms with Crippen LogP contribution in [-0.2, 0) is 0 Å². The quantitative estimate of drug-likeness (QED) is 0.641. The molecule has 0 aliphatic rings. The molecule has 0 aromatic carbocycles. The zero-order chi connectivity index (χ0) is 19.9. The van der Waals surface area contributed by atoms with Gasteiger partial charge in [-0.05, 0) is 46.8 Å². The zero-order valence-corrected chi connectivity index (χ0v) is 19.2. The Morgan fingerprint density at radius 3 is 2.41 bits per heavy atom. The van der Waals surface area contributed by atoms with Gasteiger partial charge in [0.2, 0.25) is 0 Å². The predicted molar refractivity (Wildman–Crippen MR) is 120 cm³/mol. The van der Waals surface area contributed by atoms with E-state index < -0.39 is 0 Å². The van der Waals surface area contributed by atoms with Gasteiger partial charge in [0.1, 0.15) is 11.5 Å². The lowest BCUT2D eigenvalue weighted by Crippen LogP contribution is -2.39. The number of aromatic nitrogens is 3. The van der Waals surface area contributed by atoms with E-state index in [-0.39, 0.29) is 42.8 Å². The molecule has 0 aliphatic heterocycles. The van der Waals surface area contributed by atoms with Crippen LogP contribution in [0.3, 0.4) is 0 Å². The summed E-state index contributed by atoms with van der Waals surface area (Å²) < 4.78 is 7.51. The molecule has 3 rings (SSSR count). The number of rotatable bonds is 5. The fourth-order valence-electron chi connectivity index (χ4n) is 3.14. The van der Waals surface area contributed by atoms with Gasteiger partial charge in [-0.25, -0.2) is 9.67 Å². The number of aryl methyl sites for hydroxylation is 2. The minimum absolute atomic E-state index is 0. The summed E-state index contributed by atoms with van der Waals surface area (Å²) >= 11 is 0. The number of hydrogen-bond donors (Lipinski definition) is 1. The van der Waals surface area contributed by atoms with E-state index in [1.807, 2.05) is 51.4 Å². The van der Waals surface area contributed by atoms with E-state index in [9.17, 15) is 4.79 Å². The first-order valence-electron chi connectivity index (χ1n) is 9.17. The van der Waals surface area contributed by atoms with Gasteiger partial charge < -0.3 is 15.1 Å². The van der Waals surface area contributed by atoms with Crippen molar-refractivity contribution in [3.63, 3.8) is 0 Å².